The van der Waals surface area contributed by atoms with Gasteiger partial charge in [-0.2, -0.15) is 0 Å². The van der Waals surface area contributed by atoms with E-state index in [1.165, 1.54) is 0 Å². The van der Waals surface area contributed by atoms with Crippen molar-refractivity contribution in [3.05, 3.63) is 0 Å². The highest BCUT2D eigenvalue weighted by atomic mass is 16.5. The van der Waals surface area contributed by atoms with Gasteiger partial charge in [0.05, 0.1) is 0 Å². The molecule has 0 saturated carbocycles. The first-order valence-electron chi connectivity index (χ1n) is 3.94. The Kier molecular flexibility index (Phi) is 7.41. The summed E-state index contributed by atoms with van der Waals surface area (Å²) < 4.78 is 4.72. The van der Waals surface area contributed by atoms with Gasteiger partial charge in [0.2, 0.25) is 0 Å². The molecule has 0 heterocycles. The predicted octanol–water partition coefficient (Wildman–Crippen LogP) is 1.28. The van der Waals surface area contributed by atoms with Gasteiger partial charge in [0.15, 0.2) is 0 Å². The van der Waals surface area contributed by atoms with Crippen LogP contribution < -0.4 is 0 Å². The van der Waals surface area contributed by atoms with Crippen molar-refractivity contribution in [3.8, 4) is 11.8 Å². The van der Waals surface area contributed by atoms with Crippen LogP contribution in [0.5, 0.6) is 0 Å². The molecule has 0 aliphatic carbocycles. The standard InChI is InChI=1S/C9H14O3/c1-12-8-6-4-2-3-5-7-9(10)11/h2-3,5,7-8H2,1H3,(H,10,11). The molecule has 3 nitrogen and oxygen atoms in total. The minimum Gasteiger partial charge on any atom is -0.481 e. The zero-order valence-corrected chi connectivity index (χ0v) is 7.30. The zero-order valence-electron chi connectivity index (χ0n) is 7.30. The number of hydrogen-bond donors (Lipinski definition) is 1. The van der Waals surface area contributed by atoms with Crippen LogP contribution in [0, 0.1) is 11.8 Å². The van der Waals surface area contributed by atoms with Crippen LogP contribution in [0.25, 0.3) is 0 Å². The van der Waals surface area contributed by atoms with Crippen molar-refractivity contribution < 1.29 is 14.6 Å². The number of methoxy groups -OCH3 is 1. The van der Waals surface area contributed by atoms with Crippen LogP contribution in [-0.2, 0) is 9.53 Å². The Morgan fingerprint density at radius 3 is 2.75 bits per heavy atom. The van der Waals surface area contributed by atoms with Crippen molar-refractivity contribution >= 4 is 5.97 Å². The van der Waals surface area contributed by atoms with Gasteiger partial charge >= 0.3 is 5.97 Å². The number of rotatable bonds is 5. The normalized spacial score (nSPS) is 8.75. The number of ether oxygens (including phenoxy) is 1. The number of hydrogen-bond acceptors (Lipinski definition) is 2. The maximum absolute atomic E-state index is 10.1. The molecule has 0 aromatic carbocycles. The quantitative estimate of drug-likeness (QED) is 0.499. The van der Waals surface area contributed by atoms with Crippen molar-refractivity contribution in [1.29, 1.82) is 0 Å². The van der Waals surface area contributed by atoms with E-state index >= 15 is 0 Å². The van der Waals surface area contributed by atoms with Crippen LogP contribution in [-0.4, -0.2) is 24.8 Å². The van der Waals surface area contributed by atoms with E-state index in [-0.39, 0.29) is 6.42 Å². The maximum Gasteiger partial charge on any atom is 0.303 e. The van der Waals surface area contributed by atoms with E-state index in [0.717, 1.165) is 12.8 Å². The Bertz CT molecular complexity index is 176. The van der Waals surface area contributed by atoms with E-state index in [1.807, 2.05) is 0 Å². The first-order chi connectivity index (χ1) is 5.77. The van der Waals surface area contributed by atoms with Crippen LogP contribution in [0.1, 0.15) is 25.7 Å². The summed E-state index contributed by atoms with van der Waals surface area (Å²) in [7, 11) is 1.60. The predicted molar refractivity (Wildman–Crippen MR) is 45.8 cm³/mol. The van der Waals surface area contributed by atoms with Gasteiger partial charge in [-0.15, -0.1) is 5.92 Å². The molecule has 0 unspecified atom stereocenters. The van der Waals surface area contributed by atoms with E-state index in [9.17, 15) is 4.79 Å². The lowest BCUT2D eigenvalue weighted by Crippen LogP contribution is -1.93. The highest BCUT2D eigenvalue weighted by Gasteiger charge is 1.93. The van der Waals surface area contributed by atoms with Gasteiger partial charge in [0.25, 0.3) is 0 Å². The summed E-state index contributed by atoms with van der Waals surface area (Å²) in [6, 6.07) is 0. The lowest BCUT2D eigenvalue weighted by Gasteiger charge is -1.90. The molecule has 0 saturated heterocycles. The molecule has 0 aliphatic heterocycles. The second-order valence-corrected chi connectivity index (χ2v) is 2.39. The second-order valence-electron chi connectivity index (χ2n) is 2.39. The van der Waals surface area contributed by atoms with E-state index in [2.05, 4.69) is 11.8 Å². The third-order valence-electron chi connectivity index (χ3n) is 1.28. The highest BCUT2D eigenvalue weighted by Crippen LogP contribution is 1.97. The molecule has 0 rings (SSSR count). The van der Waals surface area contributed by atoms with Crippen molar-refractivity contribution in [3.63, 3.8) is 0 Å². The Balaban J connectivity index is 3.11. The lowest BCUT2D eigenvalue weighted by atomic mass is 10.2. The first-order valence-corrected chi connectivity index (χ1v) is 3.94. The fourth-order valence-corrected chi connectivity index (χ4v) is 0.701. The summed E-state index contributed by atoms with van der Waals surface area (Å²) >= 11 is 0. The molecule has 0 amide bonds. The molecule has 12 heavy (non-hydrogen) atoms. The number of carboxylic acid groups (broad SMARTS) is 1. The van der Waals surface area contributed by atoms with Crippen LogP contribution in [0.15, 0.2) is 0 Å². The second kappa shape index (κ2) is 8.09. The van der Waals surface area contributed by atoms with Gasteiger partial charge in [0.1, 0.15) is 6.61 Å². The molecule has 0 aromatic rings. The molecule has 0 aliphatic rings. The Labute approximate surface area is 72.7 Å². The Hall–Kier alpha value is -1.01. The van der Waals surface area contributed by atoms with Crippen LogP contribution in [0.4, 0.5) is 0 Å². The molecule has 0 radical (unpaired) electrons. The van der Waals surface area contributed by atoms with Gasteiger partial charge < -0.3 is 9.84 Å². The number of unbranched alkanes of at least 4 members (excludes halogenated alkanes) is 2. The highest BCUT2D eigenvalue weighted by molar-refractivity contribution is 5.66. The third kappa shape index (κ3) is 8.99. The zero-order chi connectivity index (χ0) is 9.23. The van der Waals surface area contributed by atoms with Gasteiger partial charge in [-0.3, -0.25) is 4.79 Å². The van der Waals surface area contributed by atoms with Crippen molar-refractivity contribution in [2.24, 2.45) is 0 Å². The molecular weight excluding hydrogens is 156 g/mol. The van der Waals surface area contributed by atoms with Gasteiger partial charge in [0, 0.05) is 20.0 Å². The lowest BCUT2D eigenvalue weighted by molar-refractivity contribution is -0.137. The average Bonchev–Trinajstić information content (AvgIpc) is 2.02. The molecule has 3 heteroatoms. The Morgan fingerprint density at radius 2 is 2.17 bits per heavy atom. The largest absolute Gasteiger partial charge is 0.481 e. The van der Waals surface area contributed by atoms with E-state index < -0.39 is 5.97 Å². The van der Waals surface area contributed by atoms with Crippen molar-refractivity contribution in [2.75, 3.05) is 13.7 Å². The summed E-state index contributed by atoms with van der Waals surface area (Å²) in [6.45, 7) is 0.457. The fraction of sp³-hybridized carbons (Fsp3) is 0.667. The molecule has 0 bridgehead atoms. The molecule has 0 spiro atoms. The maximum atomic E-state index is 10.1. The summed E-state index contributed by atoms with van der Waals surface area (Å²) in [5.41, 5.74) is 0. The van der Waals surface area contributed by atoms with Crippen LogP contribution in [0.2, 0.25) is 0 Å². The fourth-order valence-electron chi connectivity index (χ4n) is 0.701. The Morgan fingerprint density at radius 1 is 1.42 bits per heavy atom. The minimum absolute atomic E-state index is 0.242. The summed E-state index contributed by atoms with van der Waals surface area (Å²) in [5, 5.41) is 8.30. The molecule has 0 atom stereocenters. The molecule has 1 N–H and O–H groups in total. The van der Waals surface area contributed by atoms with Gasteiger partial charge in [-0.05, 0) is 12.8 Å². The van der Waals surface area contributed by atoms with Crippen molar-refractivity contribution in [2.45, 2.75) is 25.7 Å². The summed E-state index contributed by atoms with van der Waals surface area (Å²) in [6.07, 6.45) is 2.56. The first kappa shape index (κ1) is 11.0. The van der Waals surface area contributed by atoms with Crippen molar-refractivity contribution in [1.82, 2.24) is 0 Å². The van der Waals surface area contributed by atoms with Crippen LogP contribution in [0.3, 0.4) is 0 Å². The number of carbonyl (C=O) groups is 1. The monoisotopic (exact) mass is 170 g/mol. The van der Waals surface area contributed by atoms with E-state index in [0.29, 0.717) is 13.0 Å². The average molecular weight is 170 g/mol. The molecule has 0 fully saturated rings. The summed E-state index contributed by atoms with van der Waals surface area (Å²) in [4.78, 5) is 10.1. The number of aliphatic carboxylic acids is 1. The third-order valence-corrected chi connectivity index (χ3v) is 1.28. The van der Waals surface area contributed by atoms with Gasteiger partial charge in [-0.1, -0.05) is 5.92 Å². The van der Waals surface area contributed by atoms with Crippen LogP contribution >= 0.6 is 0 Å². The minimum atomic E-state index is -0.736. The number of carboxylic acids is 1. The van der Waals surface area contributed by atoms with E-state index in [1.54, 1.807) is 7.11 Å². The topological polar surface area (TPSA) is 46.5 Å². The molecule has 68 valence electrons. The SMILES string of the molecule is COCC#CCCCCC(=O)O. The molecular formula is C9H14O3. The summed E-state index contributed by atoms with van der Waals surface area (Å²) in [5.74, 6) is 4.96. The van der Waals surface area contributed by atoms with Gasteiger partial charge in [-0.25, -0.2) is 0 Å². The molecule has 0 aromatic heterocycles. The van der Waals surface area contributed by atoms with E-state index in [4.69, 9.17) is 9.84 Å². The smallest absolute Gasteiger partial charge is 0.303 e.